The molecule has 0 aromatic heterocycles. The molecule has 0 bridgehead atoms. The van der Waals surface area contributed by atoms with Crippen LogP contribution in [0.5, 0.6) is 0 Å². The molecule has 2 rings (SSSR count). The van der Waals surface area contributed by atoms with Crippen molar-refractivity contribution in [1.29, 1.82) is 0 Å². The summed E-state index contributed by atoms with van der Waals surface area (Å²) in [6.45, 7) is 2.59. The number of carbonyl (C=O) groups excluding carboxylic acids is 1. The van der Waals surface area contributed by atoms with Gasteiger partial charge in [0.1, 0.15) is 5.82 Å². The summed E-state index contributed by atoms with van der Waals surface area (Å²) in [5.41, 5.74) is 0.659. The zero-order valence-corrected chi connectivity index (χ0v) is 9.37. The molecule has 1 aliphatic carbocycles. The van der Waals surface area contributed by atoms with Gasteiger partial charge in [0.25, 0.3) is 0 Å². The first-order valence-electron chi connectivity index (χ1n) is 5.69. The standard InChI is InChI=1S/C13H16FNO/c1-9-8-11(9)13(16)15-7-6-10-4-2-3-5-12(10)14/h2-5,9,11H,6-8H2,1H3,(H,15,16)/t9-,11+/m1/s1. The van der Waals surface area contributed by atoms with Crippen molar-refractivity contribution in [2.24, 2.45) is 11.8 Å². The number of nitrogens with one attached hydrogen (secondary N) is 1. The maximum Gasteiger partial charge on any atom is 0.223 e. The molecule has 0 heterocycles. The number of amides is 1. The van der Waals surface area contributed by atoms with E-state index in [-0.39, 0.29) is 17.6 Å². The van der Waals surface area contributed by atoms with E-state index in [1.807, 2.05) is 6.07 Å². The molecule has 2 atom stereocenters. The smallest absolute Gasteiger partial charge is 0.223 e. The second kappa shape index (κ2) is 4.64. The van der Waals surface area contributed by atoms with E-state index in [1.54, 1.807) is 12.1 Å². The van der Waals surface area contributed by atoms with Crippen molar-refractivity contribution in [1.82, 2.24) is 5.32 Å². The molecule has 1 aromatic rings. The lowest BCUT2D eigenvalue weighted by Crippen LogP contribution is -2.27. The van der Waals surface area contributed by atoms with Crippen LogP contribution in [0.25, 0.3) is 0 Å². The molecule has 1 aromatic carbocycles. The van der Waals surface area contributed by atoms with Gasteiger partial charge in [0.15, 0.2) is 0 Å². The van der Waals surface area contributed by atoms with Crippen molar-refractivity contribution in [2.75, 3.05) is 6.54 Å². The Morgan fingerprint density at radius 3 is 2.81 bits per heavy atom. The fourth-order valence-electron chi connectivity index (χ4n) is 1.84. The Kier molecular flexibility index (Phi) is 3.22. The van der Waals surface area contributed by atoms with Crippen LogP contribution < -0.4 is 5.32 Å². The molecular formula is C13H16FNO. The van der Waals surface area contributed by atoms with Crippen LogP contribution in [-0.2, 0) is 11.2 Å². The second-order valence-electron chi connectivity index (χ2n) is 4.45. The first-order valence-corrected chi connectivity index (χ1v) is 5.69. The van der Waals surface area contributed by atoms with Gasteiger partial charge in [-0.3, -0.25) is 4.79 Å². The van der Waals surface area contributed by atoms with E-state index in [0.29, 0.717) is 24.4 Å². The molecule has 1 saturated carbocycles. The molecule has 3 heteroatoms. The van der Waals surface area contributed by atoms with Gasteiger partial charge in [-0.1, -0.05) is 25.1 Å². The van der Waals surface area contributed by atoms with Crippen molar-refractivity contribution in [3.63, 3.8) is 0 Å². The van der Waals surface area contributed by atoms with Gasteiger partial charge >= 0.3 is 0 Å². The molecule has 2 nitrogen and oxygen atoms in total. The van der Waals surface area contributed by atoms with E-state index in [2.05, 4.69) is 12.2 Å². The van der Waals surface area contributed by atoms with Crippen LogP contribution in [-0.4, -0.2) is 12.5 Å². The largest absolute Gasteiger partial charge is 0.356 e. The summed E-state index contributed by atoms with van der Waals surface area (Å²) >= 11 is 0. The van der Waals surface area contributed by atoms with Gasteiger partial charge in [-0.2, -0.15) is 0 Å². The number of hydrogen-bond donors (Lipinski definition) is 1. The molecule has 0 spiro atoms. The minimum Gasteiger partial charge on any atom is -0.356 e. The van der Waals surface area contributed by atoms with Crippen molar-refractivity contribution in [2.45, 2.75) is 19.8 Å². The summed E-state index contributed by atoms with van der Waals surface area (Å²) in [5, 5.41) is 2.85. The molecule has 1 N–H and O–H groups in total. The SMILES string of the molecule is C[C@@H]1C[C@@H]1C(=O)NCCc1ccccc1F. The Balaban J connectivity index is 1.76. The van der Waals surface area contributed by atoms with Gasteiger partial charge in [0.2, 0.25) is 5.91 Å². The molecule has 1 aliphatic rings. The number of carbonyl (C=O) groups is 1. The molecule has 0 radical (unpaired) electrons. The average molecular weight is 221 g/mol. The van der Waals surface area contributed by atoms with Gasteiger partial charge in [0.05, 0.1) is 0 Å². The highest BCUT2D eigenvalue weighted by Crippen LogP contribution is 2.37. The van der Waals surface area contributed by atoms with Gasteiger partial charge in [-0.15, -0.1) is 0 Å². The second-order valence-corrected chi connectivity index (χ2v) is 4.45. The number of halogens is 1. The normalized spacial score (nSPS) is 22.9. The lowest BCUT2D eigenvalue weighted by Gasteiger charge is -2.05. The molecule has 16 heavy (non-hydrogen) atoms. The number of rotatable bonds is 4. The van der Waals surface area contributed by atoms with Gasteiger partial charge in [-0.05, 0) is 30.4 Å². The summed E-state index contributed by atoms with van der Waals surface area (Å²) in [6.07, 6.45) is 1.55. The monoisotopic (exact) mass is 221 g/mol. The number of benzene rings is 1. The van der Waals surface area contributed by atoms with E-state index in [1.165, 1.54) is 6.07 Å². The topological polar surface area (TPSA) is 29.1 Å². The Morgan fingerprint density at radius 1 is 1.50 bits per heavy atom. The molecule has 0 aliphatic heterocycles. The lowest BCUT2D eigenvalue weighted by atomic mass is 10.1. The van der Waals surface area contributed by atoms with E-state index < -0.39 is 0 Å². The highest BCUT2D eigenvalue weighted by atomic mass is 19.1. The maximum absolute atomic E-state index is 13.2. The predicted octanol–water partition coefficient (Wildman–Crippen LogP) is 2.14. The third kappa shape index (κ3) is 2.60. The highest BCUT2D eigenvalue weighted by molar-refractivity contribution is 5.81. The summed E-state index contributed by atoms with van der Waals surface area (Å²) in [7, 11) is 0. The minimum atomic E-state index is -0.198. The Bertz CT molecular complexity index is 391. The zero-order chi connectivity index (χ0) is 11.5. The maximum atomic E-state index is 13.2. The molecular weight excluding hydrogens is 205 g/mol. The van der Waals surface area contributed by atoms with Gasteiger partial charge in [-0.25, -0.2) is 4.39 Å². The van der Waals surface area contributed by atoms with E-state index >= 15 is 0 Å². The molecule has 1 amide bonds. The van der Waals surface area contributed by atoms with Gasteiger partial charge in [0, 0.05) is 12.5 Å². The van der Waals surface area contributed by atoms with Crippen molar-refractivity contribution in [3.05, 3.63) is 35.6 Å². The third-order valence-electron chi connectivity index (χ3n) is 3.10. The van der Waals surface area contributed by atoms with Crippen LogP contribution in [0, 0.1) is 17.7 Å². The van der Waals surface area contributed by atoms with Crippen LogP contribution in [0.1, 0.15) is 18.9 Å². The van der Waals surface area contributed by atoms with Crippen molar-refractivity contribution >= 4 is 5.91 Å². The number of hydrogen-bond acceptors (Lipinski definition) is 1. The fraction of sp³-hybridized carbons (Fsp3) is 0.462. The Morgan fingerprint density at radius 2 is 2.19 bits per heavy atom. The van der Waals surface area contributed by atoms with Crippen LogP contribution in [0.3, 0.4) is 0 Å². The van der Waals surface area contributed by atoms with Crippen LogP contribution in [0.15, 0.2) is 24.3 Å². The molecule has 1 fully saturated rings. The van der Waals surface area contributed by atoms with Crippen molar-refractivity contribution in [3.8, 4) is 0 Å². The molecule has 86 valence electrons. The van der Waals surface area contributed by atoms with E-state index in [9.17, 15) is 9.18 Å². The molecule has 0 saturated heterocycles. The van der Waals surface area contributed by atoms with Crippen molar-refractivity contribution < 1.29 is 9.18 Å². The highest BCUT2D eigenvalue weighted by Gasteiger charge is 2.38. The first kappa shape index (κ1) is 11.1. The molecule has 0 unspecified atom stereocenters. The summed E-state index contributed by atoms with van der Waals surface area (Å²) in [6, 6.07) is 6.67. The van der Waals surface area contributed by atoms with Crippen LogP contribution >= 0.6 is 0 Å². The van der Waals surface area contributed by atoms with Crippen LogP contribution in [0.4, 0.5) is 4.39 Å². The summed E-state index contributed by atoms with van der Waals surface area (Å²) in [4.78, 5) is 11.5. The average Bonchev–Trinajstić information content (AvgIpc) is 2.98. The van der Waals surface area contributed by atoms with E-state index in [0.717, 1.165) is 6.42 Å². The predicted molar refractivity (Wildman–Crippen MR) is 60.4 cm³/mol. The van der Waals surface area contributed by atoms with Crippen LogP contribution in [0.2, 0.25) is 0 Å². The first-order chi connectivity index (χ1) is 7.68. The summed E-state index contributed by atoms with van der Waals surface area (Å²) < 4.78 is 13.2. The van der Waals surface area contributed by atoms with Gasteiger partial charge < -0.3 is 5.32 Å². The summed E-state index contributed by atoms with van der Waals surface area (Å²) in [5.74, 6) is 0.634. The lowest BCUT2D eigenvalue weighted by molar-refractivity contribution is -0.122. The third-order valence-corrected chi connectivity index (χ3v) is 3.10. The quantitative estimate of drug-likeness (QED) is 0.829. The Hall–Kier alpha value is -1.38. The van der Waals surface area contributed by atoms with E-state index in [4.69, 9.17) is 0 Å². The fourth-order valence-corrected chi connectivity index (χ4v) is 1.84. The zero-order valence-electron chi connectivity index (χ0n) is 9.37. The Labute approximate surface area is 94.9 Å². The minimum absolute atomic E-state index is 0.115.